The Bertz CT molecular complexity index is 1260. The van der Waals surface area contributed by atoms with Crippen LogP contribution in [0.1, 0.15) is 34.5 Å². The molecule has 0 aliphatic rings. The highest BCUT2D eigenvalue weighted by atomic mass is 16.5. The Kier molecular flexibility index (Phi) is 8.72. The number of fused-ring (bicyclic) bond motifs is 1. The molecular weight excluding hydrogens is 446 g/mol. The zero-order valence-electron chi connectivity index (χ0n) is 19.5. The van der Waals surface area contributed by atoms with Gasteiger partial charge in [-0.3, -0.25) is 14.4 Å². The number of methoxy groups -OCH3 is 1. The third-order valence-electron chi connectivity index (χ3n) is 5.38. The normalized spacial score (nSPS) is 11.6. The van der Waals surface area contributed by atoms with Gasteiger partial charge in [0.05, 0.1) is 13.2 Å². The minimum Gasteiger partial charge on any atom is -0.466 e. The number of carbonyl (C=O) groups is 4. The molecule has 0 bridgehead atoms. The number of hydrogen-bond donors (Lipinski definition) is 3. The Labute approximate surface area is 203 Å². The highest BCUT2D eigenvalue weighted by molar-refractivity contribution is 6.35. The summed E-state index contributed by atoms with van der Waals surface area (Å²) in [5.74, 6) is -2.55. The highest BCUT2D eigenvalue weighted by Crippen LogP contribution is 2.24. The van der Waals surface area contributed by atoms with Crippen LogP contribution in [0.3, 0.4) is 0 Å². The summed E-state index contributed by atoms with van der Waals surface area (Å²) in [5.41, 5.74) is 1.98. The zero-order valence-corrected chi connectivity index (χ0v) is 19.5. The molecule has 8 heteroatoms. The van der Waals surface area contributed by atoms with Crippen molar-refractivity contribution in [3.63, 3.8) is 0 Å². The lowest BCUT2D eigenvalue weighted by Crippen LogP contribution is -2.40. The molecule has 0 heterocycles. The number of rotatable bonds is 8. The molecule has 3 aromatic carbocycles. The average molecular weight is 474 g/mol. The van der Waals surface area contributed by atoms with Crippen molar-refractivity contribution in [3.8, 4) is 0 Å². The second kappa shape index (κ2) is 12.1. The van der Waals surface area contributed by atoms with E-state index in [4.69, 9.17) is 0 Å². The van der Waals surface area contributed by atoms with Gasteiger partial charge in [0, 0.05) is 24.7 Å². The molecule has 3 amide bonds. The number of carbonyl (C=O) groups excluding carboxylic acids is 4. The highest BCUT2D eigenvalue weighted by Gasteiger charge is 2.18. The molecule has 0 radical (unpaired) electrons. The third-order valence-corrected chi connectivity index (χ3v) is 5.38. The van der Waals surface area contributed by atoms with Crippen LogP contribution in [0, 0.1) is 0 Å². The molecule has 180 valence electrons. The van der Waals surface area contributed by atoms with Crippen LogP contribution >= 0.6 is 0 Å². The van der Waals surface area contributed by atoms with Crippen molar-refractivity contribution >= 4 is 34.5 Å². The summed E-state index contributed by atoms with van der Waals surface area (Å²) in [5, 5.41) is 10.1. The van der Waals surface area contributed by atoms with Gasteiger partial charge in [-0.2, -0.15) is 0 Å². The maximum absolute atomic E-state index is 13.1. The Morgan fingerprint density at radius 2 is 1.57 bits per heavy atom. The molecule has 0 aliphatic heterocycles. The van der Waals surface area contributed by atoms with Gasteiger partial charge in [0.2, 0.25) is 0 Å². The van der Waals surface area contributed by atoms with E-state index in [-0.39, 0.29) is 25.0 Å². The van der Waals surface area contributed by atoms with Gasteiger partial charge in [-0.1, -0.05) is 66.7 Å². The van der Waals surface area contributed by atoms with E-state index >= 15 is 0 Å². The lowest BCUT2D eigenvalue weighted by molar-refractivity contribution is -0.139. The van der Waals surface area contributed by atoms with Gasteiger partial charge < -0.3 is 20.7 Å². The molecule has 8 nitrogen and oxygen atoms in total. The van der Waals surface area contributed by atoms with E-state index in [9.17, 15) is 19.2 Å². The van der Waals surface area contributed by atoms with E-state index in [0.29, 0.717) is 11.1 Å². The molecule has 0 spiro atoms. The first-order chi connectivity index (χ1) is 16.9. The largest absolute Gasteiger partial charge is 0.466 e. The van der Waals surface area contributed by atoms with Crippen molar-refractivity contribution < 1.29 is 23.9 Å². The third kappa shape index (κ3) is 6.77. The van der Waals surface area contributed by atoms with Crippen LogP contribution in [0.4, 0.5) is 0 Å². The standard InChI is InChI=1S/C27H27N3O5/c1-18(21-14-7-11-19-9-3-5-12-22(19)21)30-25(32)23-13-6-4-10-20(23)17-29-27(34)26(33)28-16-8-15-24(31)35-2/h3-15,18H,16-17H2,1-2H3,(H,28,33)(H,29,34)(H,30,32)/b15-8+/t18-/m1/s1. The molecule has 3 rings (SSSR count). The molecule has 35 heavy (non-hydrogen) atoms. The van der Waals surface area contributed by atoms with Gasteiger partial charge >= 0.3 is 17.8 Å². The van der Waals surface area contributed by atoms with Crippen LogP contribution in [0.2, 0.25) is 0 Å². The first-order valence-corrected chi connectivity index (χ1v) is 11.1. The molecule has 0 aromatic heterocycles. The molecule has 3 N–H and O–H groups in total. The summed E-state index contributed by atoms with van der Waals surface area (Å²) in [6, 6.07) is 20.6. The smallest absolute Gasteiger partial charge is 0.330 e. The monoisotopic (exact) mass is 473 g/mol. The van der Waals surface area contributed by atoms with Crippen molar-refractivity contribution in [2.24, 2.45) is 0 Å². The number of esters is 1. The predicted octanol–water partition coefficient (Wildman–Crippen LogP) is 2.79. The topological polar surface area (TPSA) is 114 Å². The predicted molar refractivity (Wildman–Crippen MR) is 132 cm³/mol. The average Bonchev–Trinajstić information content (AvgIpc) is 2.89. The Hall–Kier alpha value is -4.46. The quantitative estimate of drug-likeness (QED) is 0.265. The Morgan fingerprint density at radius 3 is 2.37 bits per heavy atom. The number of ether oxygens (including phenoxy) is 1. The summed E-state index contributed by atoms with van der Waals surface area (Å²) in [4.78, 5) is 48.2. The molecule has 0 unspecified atom stereocenters. The number of amides is 3. The van der Waals surface area contributed by atoms with Gasteiger partial charge in [-0.05, 0) is 34.9 Å². The van der Waals surface area contributed by atoms with E-state index in [1.807, 2.05) is 49.4 Å². The lowest BCUT2D eigenvalue weighted by atomic mass is 9.99. The van der Waals surface area contributed by atoms with Crippen LogP contribution in [-0.4, -0.2) is 37.3 Å². The fourth-order valence-electron chi connectivity index (χ4n) is 3.59. The second-order valence-electron chi connectivity index (χ2n) is 7.74. The van der Waals surface area contributed by atoms with Gasteiger partial charge in [-0.25, -0.2) is 4.79 Å². The maximum Gasteiger partial charge on any atom is 0.330 e. The van der Waals surface area contributed by atoms with Crippen molar-refractivity contribution in [3.05, 3.63) is 95.6 Å². The molecule has 1 atom stereocenters. The van der Waals surface area contributed by atoms with E-state index < -0.39 is 17.8 Å². The molecular formula is C27H27N3O5. The van der Waals surface area contributed by atoms with Gasteiger partial charge in [0.25, 0.3) is 5.91 Å². The summed E-state index contributed by atoms with van der Waals surface area (Å²) in [7, 11) is 1.24. The molecule has 0 saturated carbocycles. The van der Waals surface area contributed by atoms with Crippen LogP contribution in [-0.2, 0) is 25.7 Å². The van der Waals surface area contributed by atoms with Gasteiger partial charge in [0.15, 0.2) is 0 Å². The van der Waals surface area contributed by atoms with Crippen LogP contribution in [0.5, 0.6) is 0 Å². The summed E-state index contributed by atoms with van der Waals surface area (Å²) >= 11 is 0. The van der Waals surface area contributed by atoms with Crippen molar-refractivity contribution in [1.82, 2.24) is 16.0 Å². The first kappa shape index (κ1) is 25.2. The van der Waals surface area contributed by atoms with E-state index in [0.717, 1.165) is 22.4 Å². The number of nitrogens with one attached hydrogen (secondary N) is 3. The molecule has 0 saturated heterocycles. The summed E-state index contributed by atoms with van der Waals surface area (Å²) in [6.45, 7) is 1.91. The fourth-order valence-corrected chi connectivity index (χ4v) is 3.59. The molecule has 3 aromatic rings. The fraction of sp³-hybridized carbons (Fsp3) is 0.185. The number of benzene rings is 3. The van der Waals surface area contributed by atoms with Gasteiger partial charge in [0.1, 0.15) is 0 Å². The van der Waals surface area contributed by atoms with Crippen LogP contribution in [0.25, 0.3) is 10.8 Å². The summed E-state index contributed by atoms with van der Waals surface area (Å²) < 4.78 is 4.44. The van der Waals surface area contributed by atoms with E-state index in [1.54, 1.807) is 24.3 Å². The number of hydrogen-bond acceptors (Lipinski definition) is 5. The zero-order chi connectivity index (χ0) is 25.2. The summed E-state index contributed by atoms with van der Waals surface area (Å²) in [6.07, 6.45) is 2.51. The maximum atomic E-state index is 13.1. The second-order valence-corrected chi connectivity index (χ2v) is 7.74. The Balaban J connectivity index is 1.61. The minimum atomic E-state index is -0.856. The SMILES string of the molecule is COC(=O)/C=C/CNC(=O)C(=O)NCc1ccccc1C(=O)N[C@H](C)c1cccc2ccccc12. The molecule has 0 aliphatic carbocycles. The van der Waals surface area contributed by atoms with E-state index in [2.05, 4.69) is 20.7 Å². The van der Waals surface area contributed by atoms with Crippen LogP contribution < -0.4 is 16.0 Å². The van der Waals surface area contributed by atoms with Crippen LogP contribution in [0.15, 0.2) is 78.9 Å². The van der Waals surface area contributed by atoms with Crippen molar-refractivity contribution in [2.75, 3.05) is 13.7 Å². The van der Waals surface area contributed by atoms with Crippen molar-refractivity contribution in [2.45, 2.75) is 19.5 Å². The van der Waals surface area contributed by atoms with Gasteiger partial charge in [-0.15, -0.1) is 0 Å². The lowest BCUT2D eigenvalue weighted by Gasteiger charge is -2.18. The molecule has 0 fully saturated rings. The van der Waals surface area contributed by atoms with E-state index in [1.165, 1.54) is 13.2 Å². The van der Waals surface area contributed by atoms with Crippen molar-refractivity contribution in [1.29, 1.82) is 0 Å². The Morgan fingerprint density at radius 1 is 0.886 bits per heavy atom. The first-order valence-electron chi connectivity index (χ1n) is 11.1. The minimum absolute atomic E-state index is 0.00348.